The average Bonchev–Trinajstić information content (AvgIpc) is 2.73. The van der Waals surface area contributed by atoms with Crippen LogP contribution in [0.15, 0.2) is 36.9 Å². The molecule has 3 rings (SSSR count). The van der Waals surface area contributed by atoms with Crippen LogP contribution in [0.3, 0.4) is 0 Å². The molecule has 0 N–H and O–H groups in total. The predicted octanol–water partition coefficient (Wildman–Crippen LogP) is 3.12. The van der Waals surface area contributed by atoms with Gasteiger partial charge in [0.05, 0.1) is 21.6 Å². The number of benzene rings is 1. The topological polar surface area (TPSA) is 43.6 Å². The van der Waals surface area contributed by atoms with Gasteiger partial charge in [0.1, 0.15) is 12.0 Å². The van der Waals surface area contributed by atoms with Crippen LogP contribution in [0.1, 0.15) is 0 Å². The Morgan fingerprint density at radius 3 is 2.59 bits per heavy atom. The van der Waals surface area contributed by atoms with Crippen LogP contribution in [-0.4, -0.2) is 19.7 Å². The maximum Gasteiger partial charge on any atom is 0.166 e. The maximum absolute atomic E-state index is 6.13. The molecule has 0 aliphatic carbocycles. The number of rotatable bonds is 1. The molecule has 0 atom stereocenters. The Hall–Kier alpha value is -1.65. The van der Waals surface area contributed by atoms with Crippen molar-refractivity contribution in [3.8, 4) is 5.69 Å². The van der Waals surface area contributed by atoms with Crippen molar-refractivity contribution in [3.05, 3.63) is 47.0 Å². The third-order valence-corrected chi connectivity index (χ3v) is 2.99. The summed E-state index contributed by atoms with van der Waals surface area (Å²) < 4.78 is 1.61. The molecule has 2 heterocycles. The van der Waals surface area contributed by atoms with Gasteiger partial charge < -0.3 is 0 Å². The second-order valence-electron chi connectivity index (χ2n) is 3.43. The molecule has 17 heavy (non-hydrogen) atoms. The van der Waals surface area contributed by atoms with Crippen LogP contribution in [0.25, 0.3) is 16.7 Å². The van der Waals surface area contributed by atoms with Gasteiger partial charge in [-0.3, -0.25) is 0 Å². The standard InChI is InChI=1S/C11H6Cl2N4/c12-8-2-1-3-9(13)10(8)17-11-7(5-16-17)4-14-6-15-11/h1-6H. The Morgan fingerprint density at radius 1 is 1.06 bits per heavy atom. The summed E-state index contributed by atoms with van der Waals surface area (Å²) in [5.41, 5.74) is 1.31. The first-order valence-electron chi connectivity index (χ1n) is 4.85. The number of hydrogen-bond donors (Lipinski definition) is 0. The van der Waals surface area contributed by atoms with Gasteiger partial charge in [0.15, 0.2) is 5.65 Å². The highest BCUT2D eigenvalue weighted by Crippen LogP contribution is 2.29. The molecule has 4 nitrogen and oxygen atoms in total. The van der Waals surface area contributed by atoms with E-state index in [1.165, 1.54) is 6.33 Å². The van der Waals surface area contributed by atoms with Crippen molar-refractivity contribution >= 4 is 34.2 Å². The predicted molar refractivity (Wildman–Crippen MR) is 66.7 cm³/mol. The number of fused-ring (bicyclic) bond motifs is 1. The van der Waals surface area contributed by atoms with Crippen LogP contribution in [0, 0.1) is 0 Å². The van der Waals surface area contributed by atoms with Crippen molar-refractivity contribution in [2.75, 3.05) is 0 Å². The molecule has 6 heteroatoms. The fourth-order valence-corrected chi connectivity index (χ4v) is 2.19. The van der Waals surface area contributed by atoms with E-state index in [9.17, 15) is 0 Å². The van der Waals surface area contributed by atoms with Gasteiger partial charge in [0.2, 0.25) is 0 Å². The fourth-order valence-electron chi connectivity index (χ4n) is 1.63. The first-order chi connectivity index (χ1) is 8.27. The van der Waals surface area contributed by atoms with Gasteiger partial charge in [0, 0.05) is 6.20 Å². The number of hydrogen-bond acceptors (Lipinski definition) is 3. The molecule has 2 aromatic heterocycles. The minimum absolute atomic E-state index is 0.529. The van der Waals surface area contributed by atoms with Crippen LogP contribution in [0.4, 0.5) is 0 Å². The summed E-state index contributed by atoms with van der Waals surface area (Å²) in [6, 6.07) is 5.31. The normalized spacial score (nSPS) is 10.9. The molecule has 0 aliphatic heterocycles. The molecule has 0 fully saturated rings. The molecule has 0 amide bonds. The molecule has 0 radical (unpaired) electrons. The number of aromatic nitrogens is 4. The smallest absolute Gasteiger partial charge is 0.166 e. The first kappa shape index (κ1) is 10.5. The highest BCUT2D eigenvalue weighted by Gasteiger charge is 2.12. The Morgan fingerprint density at radius 2 is 1.82 bits per heavy atom. The summed E-state index contributed by atoms with van der Waals surface area (Å²) in [6.45, 7) is 0. The zero-order valence-electron chi connectivity index (χ0n) is 8.51. The first-order valence-corrected chi connectivity index (χ1v) is 5.61. The van der Waals surface area contributed by atoms with Gasteiger partial charge in [0.25, 0.3) is 0 Å². The maximum atomic E-state index is 6.13. The quantitative estimate of drug-likeness (QED) is 0.679. The molecule has 3 aromatic rings. The molecule has 84 valence electrons. The van der Waals surface area contributed by atoms with E-state index in [1.54, 1.807) is 35.3 Å². The van der Waals surface area contributed by atoms with Crippen molar-refractivity contribution in [2.45, 2.75) is 0 Å². The summed E-state index contributed by atoms with van der Waals surface area (Å²) in [5.74, 6) is 0. The van der Waals surface area contributed by atoms with Crippen molar-refractivity contribution in [1.29, 1.82) is 0 Å². The summed E-state index contributed by atoms with van der Waals surface area (Å²) in [7, 11) is 0. The van der Waals surface area contributed by atoms with Crippen LogP contribution in [0.2, 0.25) is 10.0 Å². The molecule has 0 spiro atoms. The van der Waals surface area contributed by atoms with Gasteiger partial charge in [-0.2, -0.15) is 5.10 Å². The van der Waals surface area contributed by atoms with Gasteiger partial charge in [-0.1, -0.05) is 29.3 Å². The summed E-state index contributed by atoms with van der Waals surface area (Å²) in [6.07, 6.45) is 4.83. The van der Waals surface area contributed by atoms with E-state index in [-0.39, 0.29) is 0 Å². The van der Waals surface area contributed by atoms with E-state index >= 15 is 0 Å². The van der Waals surface area contributed by atoms with Crippen molar-refractivity contribution in [1.82, 2.24) is 19.7 Å². The molecule has 0 bridgehead atoms. The van der Waals surface area contributed by atoms with E-state index in [4.69, 9.17) is 23.2 Å². The van der Waals surface area contributed by atoms with Crippen molar-refractivity contribution in [2.24, 2.45) is 0 Å². The van der Waals surface area contributed by atoms with Crippen molar-refractivity contribution in [3.63, 3.8) is 0 Å². The lowest BCUT2D eigenvalue weighted by molar-refractivity contribution is 0.895. The van der Waals surface area contributed by atoms with E-state index in [0.717, 1.165) is 5.39 Å². The van der Waals surface area contributed by atoms with Crippen LogP contribution in [0.5, 0.6) is 0 Å². The largest absolute Gasteiger partial charge is 0.244 e. The van der Waals surface area contributed by atoms with Crippen LogP contribution in [-0.2, 0) is 0 Å². The van der Waals surface area contributed by atoms with E-state index in [1.807, 2.05) is 0 Å². The Labute approximate surface area is 107 Å². The number of nitrogens with zero attached hydrogens (tertiary/aromatic N) is 4. The third kappa shape index (κ3) is 1.66. The van der Waals surface area contributed by atoms with E-state index in [0.29, 0.717) is 21.4 Å². The molecule has 0 unspecified atom stereocenters. The molecule has 0 aliphatic rings. The Balaban J connectivity index is 2.35. The monoisotopic (exact) mass is 264 g/mol. The molecule has 0 saturated heterocycles. The van der Waals surface area contributed by atoms with Gasteiger partial charge in [-0.25, -0.2) is 14.6 Å². The SMILES string of the molecule is Clc1cccc(Cl)c1-n1ncc2cncnc21. The fraction of sp³-hybridized carbons (Fsp3) is 0. The summed E-state index contributed by atoms with van der Waals surface area (Å²) in [4.78, 5) is 8.11. The zero-order chi connectivity index (χ0) is 11.8. The minimum Gasteiger partial charge on any atom is -0.244 e. The Kier molecular flexibility index (Phi) is 2.46. The second-order valence-corrected chi connectivity index (χ2v) is 4.24. The summed E-state index contributed by atoms with van der Waals surface area (Å²) in [5, 5.41) is 6.13. The van der Waals surface area contributed by atoms with Crippen LogP contribution < -0.4 is 0 Å². The molecular weight excluding hydrogens is 259 g/mol. The lowest BCUT2D eigenvalue weighted by atomic mass is 10.3. The highest BCUT2D eigenvalue weighted by molar-refractivity contribution is 6.37. The minimum atomic E-state index is 0.529. The third-order valence-electron chi connectivity index (χ3n) is 2.38. The molecule has 0 saturated carbocycles. The van der Waals surface area contributed by atoms with Gasteiger partial charge >= 0.3 is 0 Å². The van der Waals surface area contributed by atoms with E-state index in [2.05, 4.69) is 15.1 Å². The Bertz CT molecular complexity index is 673. The lowest BCUT2D eigenvalue weighted by Gasteiger charge is -2.06. The number of halogens is 2. The second kappa shape index (κ2) is 3.98. The zero-order valence-corrected chi connectivity index (χ0v) is 10.0. The molecule has 1 aromatic carbocycles. The average molecular weight is 265 g/mol. The van der Waals surface area contributed by atoms with Crippen molar-refractivity contribution < 1.29 is 0 Å². The van der Waals surface area contributed by atoms with E-state index < -0.39 is 0 Å². The number of para-hydroxylation sites is 1. The highest BCUT2D eigenvalue weighted by atomic mass is 35.5. The van der Waals surface area contributed by atoms with Gasteiger partial charge in [-0.15, -0.1) is 0 Å². The summed E-state index contributed by atoms with van der Waals surface area (Å²) >= 11 is 12.3. The lowest BCUT2D eigenvalue weighted by Crippen LogP contribution is -1.99. The van der Waals surface area contributed by atoms with Crippen LogP contribution >= 0.6 is 23.2 Å². The van der Waals surface area contributed by atoms with Gasteiger partial charge in [-0.05, 0) is 12.1 Å². The molecular formula is C11H6Cl2N4.